The first-order chi connectivity index (χ1) is 34.7. The van der Waals surface area contributed by atoms with Crippen LogP contribution in [-0.2, 0) is 23.4 Å². The molecule has 0 bridgehead atoms. The van der Waals surface area contributed by atoms with Crippen molar-refractivity contribution in [3.63, 3.8) is 0 Å². The Hall–Kier alpha value is -6.08. The highest BCUT2D eigenvalue weighted by Crippen LogP contribution is 2.37. The average Bonchev–Trinajstić information content (AvgIpc) is 3.42. The topological polar surface area (TPSA) is 107 Å². The summed E-state index contributed by atoms with van der Waals surface area (Å²) < 4.78 is 31.0. The molecule has 2 aliphatic rings. The van der Waals surface area contributed by atoms with Crippen molar-refractivity contribution >= 4 is 30.9 Å². The molecule has 2 amide bonds. The Morgan fingerprint density at radius 2 is 0.803 bits per heavy atom. The molecule has 6 aromatic carbocycles. The van der Waals surface area contributed by atoms with Crippen molar-refractivity contribution in [2.45, 2.75) is 88.8 Å². The van der Waals surface area contributed by atoms with Crippen molar-refractivity contribution in [2.24, 2.45) is 0 Å². The van der Waals surface area contributed by atoms with Crippen molar-refractivity contribution in [1.82, 2.24) is 9.80 Å². The summed E-state index contributed by atoms with van der Waals surface area (Å²) in [5.41, 5.74) is 4.55. The SMILES string of the molecule is CC(C)(C)[Si](OCCCOC(=O)N1CCC(OC(c2ccccc2)c2ccccc2)CC1)(c1ccccc1)c1ccccc1.O=C(OCCCO)N1CCC(OC(c2ccccc2)c2ccccc2)CC1. The molecule has 0 unspecified atom stereocenters. The van der Waals surface area contributed by atoms with E-state index in [-0.39, 0.29) is 54.9 Å². The fraction of sp³-hybridized carbons (Fsp3) is 0.367. The molecule has 11 heteroatoms. The Labute approximate surface area is 422 Å². The molecule has 1 N–H and O–H groups in total. The Bertz CT molecular complexity index is 2310. The molecule has 2 fully saturated rings. The second-order valence-corrected chi connectivity index (χ2v) is 23.5. The number of amides is 2. The molecule has 2 saturated heterocycles. The molecular formula is C60H72N2O8Si. The summed E-state index contributed by atoms with van der Waals surface area (Å²) in [6.45, 7) is 10.5. The number of aliphatic hydroxyl groups is 1. The van der Waals surface area contributed by atoms with Gasteiger partial charge in [0, 0.05) is 52.2 Å². The zero-order valence-electron chi connectivity index (χ0n) is 41.7. The Morgan fingerprint density at radius 3 is 1.11 bits per heavy atom. The molecule has 374 valence electrons. The summed E-state index contributed by atoms with van der Waals surface area (Å²) in [6.07, 6.45) is 3.62. The highest BCUT2D eigenvalue weighted by molar-refractivity contribution is 6.99. The van der Waals surface area contributed by atoms with Gasteiger partial charge in [-0.1, -0.05) is 203 Å². The minimum atomic E-state index is -2.59. The number of ether oxygens (including phenoxy) is 4. The second-order valence-electron chi connectivity index (χ2n) is 19.2. The summed E-state index contributed by atoms with van der Waals surface area (Å²) >= 11 is 0. The summed E-state index contributed by atoms with van der Waals surface area (Å²) in [7, 11) is -2.59. The van der Waals surface area contributed by atoms with Gasteiger partial charge in [0.15, 0.2) is 0 Å². The molecule has 0 aliphatic carbocycles. The lowest BCUT2D eigenvalue weighted by atomic mass is 10.00. The van der Waals surface area contributed by atoms with Crippen molar-refractivity contribution in [1.29, 1.82) is 0 Å². The van der Waals surface area contributed by atoms with E-state index in [1.807, 2.05) is 77.7 Å². The lowest BCUT2D eigenvalue weighted by Gasteiger charge is -2.43. The van der Waals surface area contributed by atoms with Gasteiger partial charge >= 0.3 is 12.2 Å². The van der Waals surface area contributed by atoms with Crippen LogP contribution in [0.5, 0.6) is 0 Å². The van der Waals surface area contributed by atoms with Gasteiger partial charge in [0.05, 0.1) is 25.4 Å². The van der Waals surface area contributed by atoms with E-state index in [1.165, 1.54) is 10.4 Å². The maximum absolute atomic E-state index is 13.0. The lowest BCUT2D eigenvalue weighted by molar-refractivity contribution is -0.0267. The van der Waals surface area contributed by atoms with E-state index in [1.54, 1.807) is 4.90 Å². The van der Waals surface area contributed by atoms with Crippen molar-refractivity contribution in [3.05, 3.63) is 204 Å². The highest BCUT2D eigenvalue weighted by atomic mass is 28.4. The van der Waals surface area contributed by atoms with E-state index >= 15 is 0 Å². The van der Waals surface area contributed by atoms with Gasteiger partial charge in [0.25, 0.3) is 8.32 Å². The predicted octanol–water partition coefficient (Wildman–Crippen LogP) is 11.1. The van der Waals surface area contributed by atoms with E-state index in [0.29, 0.717) is 52.2 Å². The van der Waals surface area contributed by atoms with Crippen LogP contribution >= 0.6 is 0 Å². The van der Waals surface area contributed by atoms with Crippen LogP contribution in [0.3, 0.4) is 0 Å². The third kappa shape index (κ3) is 14.7. The molecule has 71 heavy (non-hydrogen) atoms. The van der Waals surface area contributed by atoms with Crippen LogP contribution in [-0.4, -0.2) is 100 Å². The molecule has 0 aromatic heterocycles. The van der Waals surface area contributed by atoms with E-state index in [4.69, 9.17) is 28.5 Å². The van der Waals surface area contributed by atoms with Crippen LogP contribution in [0.25, 0.3) is 0 Å². The number of carbonyl (C=O) groups excluding carboxylic acids is 2. The average molecular weight is 977 g/mol. The van der Waals surface area contributed by atoms with Gasteiger partial charge in [0.1, 0.15) is 12.2 Å². The molecular weight excluding hydrogens is 905 g/mol. The van der Waals surface area contributed by atoms with Crippen LogP contribution in [0.4, 0.5) is 9.59 Å². The molecule has 8 rings (SSSR count). The monoisotopic (exact) mass is 977 g/mol. The van der Waals surface area contributed by atoms with Crippen molar-refractivity contribution < 1.29 is 38.1 Å². The number of nitrogens with zero attached hydrogens (tertiary/aromatic N) is 2. The number of aliphatic hydroxyl groups excluding tert-OH is 1. The number of piperidine rings is 2. The maximum Gasteiger partial charge on any atom is 0.409 e. The van der Waals surface area contributed by atoms with Crippen LogP contribution in [0.1, 0.15) is 93.8 Å². The van der Waals surface area contributed by atoms with Gasteiger partial charge in [-0.15, -0.1) is 0 Å². The first kappa shape index (κ1) is 52.7. The number of rotatable bonds is 18. The molecule has 0 saturated carbocycles. The summed E-state index contributed by atoms with van der Waals surface area (Å²) in [4.78, 5) is 28.5. The third-order valence-corrected chi connectivity index (χ3v) is 18.3. The van der Waals surface area contributed by atoms with Crippen LogP contribution in [0, 0.1) is 0 Å². The maximum atomic E-state index is 13.0. The molecule has 10 nitrogen and oxygen atoms in total. The first-order valence-corrected chi connectivity index (χ1v) is 27.3. The van der Waals surface area contributed by atoms with Gasteiger partial charge < -0.3 is 38.3 Å². The quantitative estimate of drug-likeness (QED) is 0.0670. The van der Waals surface area contributed by atoms with Crippen LogP contribution in [0.2, 0.25) is 5.04 Å². The molecule has 6 aromatic rings. The van der Waals surface area contributed by atoms with Gasteiger partial charge in [-0.05, 0) is 63.3 Å². The minimum Gasteiger partial charge on any atom is -0.449 e. The van der Waals surface area contributed by atoms with E-state index < -0.39 is 8.32 Å². The van der Waals surface area contributed by atoms with Gasteiger partial charge in [0.2, 0.25) is 0 Å². The molecule has 0 spiro atoms. The zero-order valence-corrected chi connectivity index (χ0v) is 42.7. The highest BCUT2D eigenvalue weighted by Gasteiger charge is 2.50. The third-order valence-electron chi connectivity index (χ3n) is 13.2. The Kier molecular flexibility index (Phi) is 20.0. The van der Waals surface area contributed by atoms with Crippen LogP contribution in [0.15, 0.2) is 182 Å². The lowest BCUT2D eigenvalue weighted by Crippen LogP contribution is -2.66. The Balaban J connectivity index is 0.000000235. The van der Waals surface area contributed by atoms with Crippen LogP contribution < -0.4 is 10.4 Å². The molecule has 0 radical (unpaired) electrons. The number of hydrogen-bond donors (Lipinski definition) is 1. The molecule has 2 aliphatic heterocycles. The van der Waals surface area contributed by atoms with Gasteiger partial charge in [-0.25, -0.2) is 9.59 Å². The first-order valence-electron chi connectivity index (χ1n) is 25.4. The number of hydrogen-bond acceptors (Lipinski definition) is 8. The predicted molar refractivity (Wildman–Crippen MR) is 283 cm³/mol. The number of benzene rings is 6. The van der Waals surface area contributed by atoms with E-state index in [9.17, 15) is 9.59 Å². The normalized spacial score (nSPS) is 14.7. The minimum absolute atomic E-state index is 0.0313. The van der Waals surface area contributed by atoms with E-state index in [2.05, 4.69) is 130 Å². The van der Waals surface area contributed by atoms with Crippen molar-refractivity contribution in [2.75, 3.05) is 52.6 Å². The molecule has 2 heterocycles. The summed E-state index contributed by atoms with van der Waals surface area (Å²) in [5.74, 6) is 0. The number of likely N-dealkylation sites (tertiary alicyclic amines) is 2. The summed E-state index contributed by atoms with van der Waals surface area (Å²) in [6, 6.07) is 62.4. The smallest absolute Gasteiger partial charge is 0.409 e. The fourth-order valence-corrected chi connectivity index (χ4v) is 14.2. The zero-order chi connectivity index (χ0) is 49.7. The van der Waals surface area contributed by atoms with Crippen molar-refractivity contribution in [3.8, 4) is 0 Å². The van der Waals surface area contributed by atoms with Gasteiger partial charge in [-0.3, -0.25) is 0 Å². The Morgan fingerprint density at radius 1 is 0.493 bits per heavy atom. The largest absolute Gasteiger partial charge is 0.449 e. The fourth-order valence-electron chi connectivity index (χ4n) is 9.56. The van der Waals surface area contributed by atoms with Gasteiger partial charge in [-0.2, -0.15) is 0 Å². The van der Waals surface area contributed by atoms with E-state index in [0.717, 1.165) is 47.9 Å². The second kappa shape index (κ2) is 26.9. The number of carbonyl (C=O) groups is 2. The molecule has 0 atom stereocenters. The summed E-state index contributed by atoms with van der Waals surface area (Å²) in [5, 5.41) is 11.2. The standard InChI is InChI=1S/C38H45NO4Si.C22H27NO4/c1-38(2,3)44(34-21-12-6-13-22-34,35-23-14-7-15-24-35)42-30-16-29-41-37(40)39-27-25-33(26-28-39)43-36(31-17-8-4-9-18-31)32-19-10-5-11-20-32;24-16-7-17-26-22(25)23-14-12-20(13-15-23)27-21(18-8-3-1-4-9-18)19-10-5-2-6-11-19/h4-15,17-24,33,36H,16,25-30H2,1-3H3;1-6,8-11,20-21,24H,7,12-17H2.